The van der Waals surface area contributed by atoms with Crippen molar-refractivity contribution >= 4 is 35.3 Å². The van der Waals surface area contributed by atoms with Crippen LogP contribution in [0.15, 0.2) is 18.2 Å². The van der Waals surface area contributed by atoms with Gasteiger partial charge in [-0.3, -0.25) is 9.59 Å². The monoisotopic (exact) mass is 300 g/mol. The van der Waals surface area contributed by atoms with Crippen LogP contribution in [0.3, 0.4) is 0 Å². The predicted octanol–water partition coefficient (Wildman–Crippen LogP) is 1.65. The summed E-state index contributed by atoms with van der Waals surface area (Å²) in [6.45, 7) is 0.349. The molecule has 108 valence electrons. The van der Waals surface area contributed by atoms with Crippen LogP contribution in [0, 0.1) is 6.92 Å². The minimum atomic E-state index is -1.31. The number of nitrogens with zero attached hydrogens (tertiary/aromatic N) is 1. The van der Waals surface area contributed by atoms with Gasteiger partial charge in [0.1, 0.15) is 13.1 Å². The van der Waals surface area contributed by atoms with E-state index in [2.05, 4.69) is 5.32 Å². The van der Waals surface area contributed by atoms with E-state index in [1.165, 1.54) is 0 Å². The Labute approximate surface area is 119 Å². The Balaban J connectivity index is 2.86. The van der Waals surface area contributed by atoms with Gasteiger partial charge in [0, 0.05) is 0 Å². The maximum absolute atomic E-state index is 11.9. The maximum Gasteiger partial charge on any atom is 0.323 e. The van der Waals surface area contributed by atoms with Gasteiger partial charge in [0.25, 0.3) is 0 Å². The fraction of sp³-hybridized carbons (Fsp3) is 0.250. The van der Waals surface area contributed by atoms with E-state index < -0.39 is 31.1 Å². The van der Waals surface area contributed by atoms with E-state index in [4.69, 9.17) is 21.8 Å². The minimum absolute atomic E-state index is 0.273. The molecule has 2 amide bonds. The van der Waals surface area contributed by atoms with Crippen molar-refractivity contribution in [2.24, 2.45) is 0 Å². The smallest absolute Gasteiger partial charge is 0.323 e. The standard InChI is InChI=1S/C12H13ClN2O5/c1-7-2-3-8(13)9(4-7)14-12(20)15(5-10(16)17)6-11(18)19/h2-4H,5-6H2,1H3,(H,14,20)(H,16,17)(H,18,19). The third-order valence-electron chi connectivity index (χ3n) is 2.30. The molecule has 0 spiro atoms. The minimum Gasteiger partial charge on any atom is -0.480 e. The Morgan fingerprint density at radius 2 is 1.75 bits per heavy atom. The topological polar surface area (TPSA) is 107 Å². The first kappa shape index (κ1) is 15.8. The van der Waals surface area contributed by atoms with E-state index in [0.29, 0.717) is 4.90 Å². The lowest BCUT2D eigenvalue weighted by Crippen LogP contribution is -2.42. The summed E-state index contributed by atoms with van der Waals surface area (Å²) in [4.78, 5) is 33.8. The molecule has 0 aliphatic heterocycles. The summed E-state index contributed by atoms with van der Waals surface area (Å²) >= 11 is 5.89. The van der Waals surface area contributed by atoms with Crippen molar-refractivity contribution in [2.45, 2.75) is 6.92 Å². The molecule has 0 bridgehead atoms. The maximum atomic E-state index is 11.9. The highest BCUT2D eigenvalue weighted by molar-refractivity contribution is 6.33. The zero-order valence-corrected chi connectivity index (χ0v) is 11.3. The highest BCUT2D eigenvalue weighted by atomic mass is 35.5. The van der Waals surface area contributed by atoms with Crippen molar-refractivity contribution in [3.8, 4) is 0 Å². The van der Waals surface area contributed by atoms with E-state index >= 15 is 0 Å². The van der Waals surface area contributed by atoms with Gasteiger partial charge < -0.3 is 20.4 Å². The van der Waals surface area contributed by atoms with Gasteiger partial charge in [-0.15, -0.1) is 0 Å². The number of rotatable bonds is 5. The Morgan fingerprint density at radius 3 is 2.25 bits per heavy atom. The number of aryl methyl sites for hydroxylation is 1. The number of amides is 2. The molecule has 0 aromatic heterocycles. The lowest BCUT2D eigenvalue weighted by atomic mass is 10.2. The average Bonchev–Trinajstić information content (AvgIpc) is 2.31. The summed E-state index contributed by atoms with van der Waals surface area (Å²) in [5.74, 6) is -2.62. The van der Waals surface area contributed by atoms with Crippen molar-refractivity contribution in [1.82, 2.24) is 4.90 Å². The Kier molecular flexibility index (Phi) is 5.33. The van der Waals surface area contributed by atoms with Crippen LogP contribution in [-0.2, 0) is 9.59 Å². The van der Waals surface area contributed by atoms with Gasteiger partial charge in [-0.2, -0.15) is 0 Å². The molecule has 20 heavy (non-hydrogen) atoms. The number of hydrogen-bond donors (Lipinski definition) is 3. The summed E-state index contributed by atoms with van der Waals surface area (Å²) in [7, 11) is 0. The molecule has 0 atom stereocenters. The molecule has 0 aliphatic rings. The molecule has 1 aromatic carbocycles. The summed E-state index contributed by atoms with van der Waals surface area (Å²) in [6.07, 6.45) is 0. The zero-order chi connectivity index (χ0) is 15.3. The van der Waals surface area contributed by atoms with E-state index in [1.807, 2.05) is 0 Å². The number of urea groups is 1. The van der Waals surface area contributed by atoms with Crippen molar-refractivity contribution in [1.29, 1.82) is 0 Å². The fourth-order valence-corrected chi connectivity index (χ4v) is 1.62. The fourth-order valence-electron chi connectivity index (χ4n) is 1.46. The first-order valence-corrected chi connectivity index (χ1v) is 5.93. The van der Waals surface area contributed by atoms with Crippen LogP contribution in [-0.4, -0.2) is 46.2 Å². The van der Waals surface area contributed by atoms with Crippen molar-refractivity contribution in [2.75, 3.05) is 18.4 Å². The van der Waals surface area contributed by atoms with E-state index in [-0.39, 0.29) is 10.7 Å². The number of halogens is 1. The first-order chi connectivity index (χ1) is 9.29. The highest BCUT2D eigenvalue weighted by Crippen LogP contribution is 2.22. The largest absolute Gasteiger partial charge is 0.480 e. The molecule has 0 fully saturated rings. The molecule has 0 saturated carbocycles. The Hall–Kier alpha value is -2.28. The number of carboxylic acid groups (broad SMARTS) is 2. The van der Waals surface area contributed by atoms with Gasteiger partial charge in [0.2, 0.25) is 0 Å². The summed E-state index contributed by atoms with van der Waals surface area (Å²) in [5.41, 5.74) is 1.13. The highest BCUT2D eigenvalue weighted by Gasteiger charge is 2.20. The van der Waals surface area contributed by atoms with Gasteiger partial charge >= 0.3 is 18.0 Å². The second-order valence-electron chi connectivity index (χ2n) is 4.06. The van der Waals surface area contributed by atoms with Crippen molar-refractivity contribution in [3.05, 3.63) is 28.8 Å². The number of aliphatic carboxylic acids is 2. The van der Waals surface area contributed by atoms with Crippen LogP contribution in [0.4, 0.5) is 10.5 Å². The number of nitrogens with one attached hydrogen (secondary N) is 1. The molecule has 0 radical (unpaired) electrons. The average molecular weight is 301 g/mol. The van der Waals surface area contributed by atoms with E-state index in [1.54, 1.807) is 25.1 Å². The second kappa shape index (κ2) is 6.76. The molecular weight excluding hydrogens is 288 g/mol. The number of anilines is 1. The number of hydrogen-bond acceptors (Lipinski definition) is 3. The van der Waals surface area contributed by atoms with Gasteiger partial charge in [-0.05, 0) is 24.6 Å². The summed E-state index contributed by atoms with van der Waals surface area (Å²) in [5, 5.41) is 20.0. The molecule has 0 unspecified atom stereocenters. The molecular formula is C12H13ClN2O5. The van der Waals surface area contributed by atoms with Crippen LogP contribution in [0.1, 0.15) is 5.56 Å². The molecule has 0 heterocycles. The van der Waals surface area contributed by atoms with E-state index in [9.17, 15) is 14.4 Å². The molecule has 3 N–H and O–H groups in total. The second-order valence-corrected chi connectivity index (χ2v) is 4.46. The van der Waals surface area contributed by atoms with Gasteiger partial charge in [-0.1, -0.05) is 17.7 Å². The predicted molar refractivity (Wildman–Crippen MR) is 72.1 cm³/mol. The van der Waals surface area contributed by atoms with Crippen LogP contribution in [0.5, 0.6) is 0 Å². The van der Waals surface area contributed by atoms with Crippen molar-refractivity contribution < 1.29 is 24.6 Å². The summed E-state index contributed by atoms with van der Waals surface area (Å²) < 4.78 is 0. The molecule has 1 rings (SSSR count). The van der Waals surface area contributed by atoms with Crippen LogP contribution in [0.25, 0.3) is 0 Å². The zero-order valence-electron chi connectivity index (χ0n) is 10.6. The molecule has 7 nitrogen and oxygen atoms in total. The Bertz CT molecular complexity index is 531. The van der Waals surface area contributed by atoms with Gasteiger partial charge in [0.05, 0.1) is 10.7 Å². The lowest BCUT2D eigenvalue weighted by Gasteiger charge is -2.19. The number of carbonyl (C=O) groups excluding carboxylic acids is 1. The van der Waals surface area contributed by atoms with Crippen LogP contribution in [0.2, 0.25) is 5.02 Å². The van der Waals surface area contributed by atoms with Crippen LogP contribution < -0.4 is 5.32 Å². The third-order valence-corrected chi connectivity index (χ3v) is 2.63. The molecule has 0 saturated heterocycles. The molecule has 1 aromatic rings. The third kappa shape index (κ3) is 4.77. The molecule has 8 heteroatoms. The number of carbonyl (C=O) groups is 3. The first-order valence-electron chi connectivity index (χ1n) is 5.55. The van der Waals surface area contributed by atoms with E-state index in [0.717, 1.165) is 5.56 Å². The van der Waals surface area contributed by atoms with Crippen molar-refractivity contribution in [3.63, 3.8) is 0 Å². The lowest BCUT2D eigenvalue weighted by molar-refractivity contribution is -0.140. The normalized spacial score (nSPS) is 9.90. The summed E-state index contributed by atoms with van der Waals surface area (Å²) in [6, 6.07) is 4.07. The van der Waals surface area contributed by atoms with Crippen LogP contribution >= 0.6 is 11.6 Å². The quantitative estimate of drug-likeness (QED) is 0.766. The molecule has 0 aliphatic carbocycles. The number of carboxylic acids is 2. The SMILES string of the molecule is Cc1ccc(Cl)c(NC(=O)N(CC(=O)O)CC(=O)O)c1. The van der Waals surface area contributed by atoms with Gasteiger partial charge in [-0.25, -0.2) is 4.79 Å². The number of benzene rings is 1. The van der Waals surface area contributed by atoms with Gasteiger partial charge in [0.15, 0.2) is 0 Å². The Morgan fingerprint density at radius 1 is 1.20 bits per heavy atom.